The predicted molar refractivity (Wildman–Crippen MR) is 157 cm³/mol. The molecule has 7 heteroatoms. The molecule has 0 unspecified atom stereocenters. The summed E-state index contributed by atoms with van der Waals surface area (Å²) in [6.45, 7) is 6.30. The summed E-state index contributed by atoms with van der Waals surface area (Å²) in [4.78, 5) is 14.0. The van der Waals surface area contributed by atoms with Crippen molar-refractivity contribution in [3.8, 4) is 5.69 Å². The minimum atomic E-state index is -0.0815. The van der Waals surface area contributed by atoms with Crippen LogP contribution in [0, 0.1) is 20.8 Å². The molecule has 3 aromatic carbocycles. The van der Waals surface area contributed by atoms with Crippen molar-refractivity contribution in [3.63, 3.8) is 0 Å². The van der Waals surface area contributed by atoms with Crippen LogP contribution in [0.1, 0.15) is 33.3 Å². The molecule has 0 aliphatic carbocycles. The van der Waals surface area contributed by atoms with E-state index in [1.165, 1.54) is 10.4 Å². The van der Waals surface area contributed by atoms with Gasteiger partial charge in [-0.3, -0.25) is 0 Å². The zero-order valence-corrected chi connectivity index (χ0v) is 22.2. The molecule has 2 aliphatic rings. The van der Waals surface area contributed by atoms with Gasteiger partial charge in [0.05, 0.1) is 22.8 Å². The lowest BCUT2D eigenvalue weighted by molar-refractivity contribution is 0.830. The third-order valence-electron chi connectivity index (χ3n) is 7.10. The summed E-state index contributed by atoms with van der Waals surface area (Å²) in [6, 6.07) is 29.2. The number of aromatic nitrogens is 2. The monoisotopic (exact) mass is 514 g/mol. The van der Waals surface area contributed by atoms with Crippen molar-refractivity contribution in [2.45, 2.75) is 26.8 Å². The van der Waals surface area contributed by atoms with E-state index in [1.807, 2.05) is 28.9 Å². The second-order valence-electron chi connectivity index (χ2n) is 9.69. The second-order valence-corrected chi connectivity index (χ2v) is 10.7. The number of amidine groups is 2. The zero-order chi connectivity index (χ0) is 25.8. The van der Waals surface area contributed by atoms with Crippen molar-refractivity contribution in [2.75, 3.05) is 10.2 Å². The molecule has 0 fully saturated rings. The Bertz CT molecular complexity index is 1730. The largest absolute Gasteiger partial charge is 0.337 e. The number of benzene rings is 3. The van der Waals surface area contributed by atoms with Gasteiger partial charge in [-0.2, -0.15) is 5.10 Å². The van der Waals surface area contributed by atoms with Gasteiger partial charge >= 0.3 is 0 Å². The summed E-state index contributed by atoms with van der Waals surface area (Å²) in [6.07, 6.45) is 0. The molecule has 2 aromatic heterocycles. The van der Waals surface area contributed by atoms with Gasteiger partial charge in [-0.15, -0.1) is 11.3 Å². The number of anilines is 2. The van der Waals surface area contributed by atoms with Crippen LogP contribution in [0.15, 0.2) is 100 Å². The van der Waals surface area contributed by atoms with Gasteiger partial charge in [-0.1, -0.05) is 48.5 Å². The van der Waals surface area contributed by atoms with E-state index >= 15 is 0 Å². The first kappa shape index (κ1) is 22.7. The Balaban J connectivity index is 1.50. The van der Waals surface area contributed by atoms with Gasteiger partial charge < -0.3 is 10.2 Å². The third kappa shape index (κ3) is 3.58. The lowest BCUT2D eigenvalue weighted by Crippen LogP contribution is -2.46. The molecule has 1 atom stereocenters. The predicted octanol–water partition coefficient (Wildman–Crippen LogP) is 7.65. The quantitative estimate of drug-likeness (QED) is 0.269. The fourth-order valence-electron chi connectivity index (χ4n) is 5.26. The van der Waals surface area contributed by atoms with E-state index in [0.29, 0.717) is 0 Å². The van der Waals surface area contributed by atoms with Crippen molar-refractivity contribution >= 4 is 45.9 Å². The number of hydrogen-bond donors (Lipinski definition) is 1. The van der Waals surface area contributed by atoms with Gasteiger partial charge in [0.2, 0.25) is 0 Å². The Morgan fingerprint density at radius 1 is 0.842 bits per heavy atom. The molecule has 38 heavy (non-hydrogen) atoms. The number of rotatable bonds is 3. The Morgan fingerprint density at radius 2 is 1.66 bits per heavy atom. The Hall–Kier alpha value is -4.49. The van der Waals surface area contributed by atoms with E-state index in [2.05, 4.69) is 97.0 Å². The first-order chi connectivity index (χ1) is 18.6. The maximum absolute atomic E-state index is 5.31. The fraction of sp³-hybridized carbons (Fsp3) is 0.129. The Kier molecular flexibility index (Phi) is 5.26. The zero-order valence-electron chi connectivity index (χ0n) is 21.4. The topological polar surface area (TPSA) is 57.8 Å². The van der Waals surface area contributed by atoms with Crippen molar-refractivity contribution in [1.82, 2.24) is 9.78 Å². The lowest BCUT2D eigenvalue weighted by Gasteiger charge is -2.40. The minimum Gasteiger partial charge on any atom is -0.337 e. The first-order valence-electron chi connectivity index (χ1n) is 12.7. The molecule has 5 aromatic rings. The standard InChI is InChI=1S/C31H26N6S/c1-19-15-16-20(2)24(18-19)33-29-31-34-30-27(21(3)35-37(30)22-10-5-4-6-11-22)28(26-14-9-17-38-26)36(31)25-13-8-7-12-23(25)32-29/h4-18,28H,1-3H3,(H,32,33)/t28-/m1/s1. The maximum atomic E-state index is 5.31. The Morgan fingerprint density at radius 3 is 2.47 bits per heavy atom. The molecule has 2 aliphatic heterocycles. The highest BCUT2D eigenvalue weighted by Gasteiger charge is 2.41. The van der Waals surface area contributed by atoms with Crippen LogP contribution in [0.3, 0.4) is 0 Å². The number of thiophene rings is 1. The molecule has 0 bridgehead atoms. The molecule has 0 amide bonds. The van der Waals surface area contributed by atoms with Crippen LogP contribution in [-0.4, -0.2) is 21.5 Å². The smallest absolute Gasteiger partial charge is 0.179 e. The van der Waals surface area contributed by atoms with Crippen LogP contribution in [0.25, 0.3) is 5.69 Å². The molecule has 4 heterocycles. The van der Waals surface area contributed by atoms with E-state index in [4.69, 9.17) is 15.1 Å². The second kappa shape index (κ2) is 8.82. The average Bonchev–Trinajstić information content (AvgIpc) is 3.59. The van der Waals surface area contributed by atoms with Crippen molar-refractivity contribution < 1.29 is 0 Å². The number of hydrogen-bond acceptors (Lipinski definition) is 6. The highest BCUT2D eigenvalue weighted by Crippen LogP contribution is 2.49. The van der Waals surface area contributed by atoms with Crippen molar-refractivity contribution in [2.24, 2.45) is 9.98 Å². The van der Waals surface area contributed by atoms with Gasteiger partial charge in [0, 0.05) is 16.1 Å². The Labute approximate surface area is 225 Å². The summed E-state index contributed by atoms with van der Waals surface area (Å²) < 4.78 is 1.96. The van der Waals surface area contributed by atoms with Crippen molar-refractivity contribution in [3.05, 3.63) is 118 Å². The van der Waals surface area contributed by atoms with Gasteiger partial charge in [0.1, 0.15) is 6.04 Å². The molecule has 0 spiro atoms. The first-order valence-corrected chi connectivity index (χ1v) is 13.5. The van der Waals surface area contributed by atoms with E-state index in [0.717, 1.165) is 57.1 Å². The normalized spacial score (nSPS) is 15.8. The van der Waals surface area contributed by atoms with E-state index in [1.54, 1.807) is 11.3 Å². The summed E-state index contributed by atoms with van der Waals surface area (Å²) >= 11 is 1.75. The maximum Gasteiger partial charge on any atom is 0.179 e. The molecular weight excluding hydrogens is 488 g/mol. The molecular formula is C31H26N6S. The average molecular weight is 515 g/mol. The molecule has 0 saturated carbocycles. The van der Waals surface area contributed by atoms with Gasteiger partial charge in [-0.25, -0.2) is 14.7 Å². The van der Waals surface area contributed by atoms with E-state index in [-0.39, 0.29) is 6.04 Å². The number of aryl methyl sites for hydroxylation is 3. The van der Waals surface area contributed by atoms with Crippen LogP contribution < -0.4 is 10.2 Å². The number of aliphatic imine (C=N–C) groups is 2. The van der Waals surface area contributed by atoms with Crippen LogP contribution in [0.4, 0.5) is 22.9 Å². The fourth-order valence-corrected chi connectivity index (χ4v) is 6.08. The number of para-hydroxylation sites is 3. The highest BCUT2D eigenvalue weighted by molar-refractivity contribution is 7.10. The number of fused-ring (bicyclic) bond motifs is 4. The summed E-state index contributed by atoms with van der Waals surface area (Å²) in [5, 5.41) is 10.8. The van der Waals surface area contributed by atoms with Crippen molar-refractivity contribution in [1.29, 1.82) is 0 Å². The minimum absolute atomic E-state index is 0.0815. The van der Waals surface area contributed by atoms with Gasteiger partial charge in [0.15, 0.2) is 17.5 Å². The third-order valence-corrected chi connectivity index (χ3v) is 8.02. The van der Waals surface area contributed by atoms with Crippen LogP contribution >= 0.6 is 11.3 Å². The van der Waals surface area contributed by atoms with Crippen LogP contribution in [0.5, 0.6) is 0 Å². The summed E-state index contributed by atoms with van der Waals surface area (Å²) in [5.41, 5.74) is 8.38. The van der Waals surface area contributed by atoms with Gasteiger partial charge in [0.25, 0.3) is 0 Å². The molecule has 1 N–H and O–H groups in total. The summed E-state index contributed by atoms with van der Waals surface area (Å²) in [5.74, 6) is 2.35. The molecule has 186 valence electrons. The van der Waals surface area contributed by atoms with E-state index in [9.17, 15) is 0 Å². The summed E-state index contributed by atoms with van der Waals surface area (Å²) in [7, 11) is 0. The highest BCUT2D eigenvalue weighted by atomic mass is 32.1. The van der Waals surface area contributed by atoms with E-state index < -0.39 is 0 Å². The lowest BCUT2D eigenvalue weighted by atomic mass is 9.98. The molecule has 6 nitrogen and oxygen atoms in total. The number of nitrogens with one attached hydrogen (secondary N) is 1. The number of nitrogens with zero attached hydrogens (tertiary/aromatic N) is 5. The van der Waals surface area contributed by atoms with Crippen LogP contribution in [-0.2, 0) is 0 Å². The molecule has 0 radical (unpaired) electrons. The molecule has 0 saturated heterocycles. The van der Waals surface area contributed by atoms with Crippen LogP contribution in [0.2, 0.25) is 0 Å². The SMILES string of the molecule is Cc1ccc(C)c(NC2=Nc3ccccc3N3C2=Nc2c(c(C)nn2-c2ccccc2)[C@H]3c2cccs2)c1. The molecule has 7 rings (SSSR count). The van der Waals surface area contributed by atoms with Gasteiger partial charge in [-0.05, 0) is 73.7 Å².